The molecular formula is C17H30O3Si. The highest BCUT2D eigenvalue weighted by Gasteiger charge is 2.37. The summed E-state index contributed by atoms with van der Waals surface area (Å²) in [5.74, 6) is -0.0499. The third-order valence-electron chi connectivity index (χ3n) is 4.59. The van der Waals surface area contributed by atoms with Gasteiger partial charge in [0.1, 0.15) is 0 Å². The monoisotopic (exact) mass is 310 g/mol. The van der Waals surface area contributed by atoms with Gasteiger partial charge in [-0.15, -0.1) is 0 Å². The van der Waals surface area contributed by atoms with Crippen molar-refractivity contribution < 1.29 is 14.0 Å². The molecule has 0 aromatic carbocycles. The summed E-state index contributed by atoms with van der Waals surface area (Å²) >= 11 is 0. The van der Waals surface area contributed by atoms with Crippen molar-refractivity contribution >= 4 is 14.3 Å². The van der Waals surface area contributed by atoms with Crippen LogP contribution < -0.4 is 0 Å². The molecule has 0 aromatic heterocycles. The second kappa shape index (κ2) is 6.92. The van der Waals surface area contributed by atoms with Crippen LogP contribution in [-0.2, 0) is 14.0 Å². The highest BCUT2D eigenvalue weighted by atomic mass is 28.4. The first-order valence-corrected chi connectivity index (χ1v) is 10.6. The van der Waals surface area contributed by atoms with Gasteiger partial charge in [0.2, 0.25) is 0 Å². The molecule has 0 aromatic rings. The molecule has 0 fully saturated rings. The predicted molar refractivity (Wildman–Crippen MR) is 89.7 cm³/mol. The number of hydrogen-bond acceptors (Lipinski definition) is 3. The van der Waals surface area contributed by atoms with Crippen LogP contribution in [0.15, 0.2) is 23.3 Å². The van der Waals surface area contributed by atoms with Crippen molar-refractivity contribution in [3.8, 4) is 0 Å². The quantitative estimate of drug-likeness (QED) is 0.437. The molecule has 21 heavy (non-hydrogen) atoms. The molecule has 0 heterocycles. The van der Waals surface area contributed by atoms with E-state index in [0.29, 0.717) is 6.61 Å². The number of hydrogen-bond donors (Lipinski definition) is 0. The lowest BCUT2D eigenvalue weighted by Crippen LogP contribution is -2.41. The zero-order chi connectivity index (χ0) is 16.3. The molecular weight excluding hydrogens is 280 g/mol. The van der Waals surface area contributed by atoms with Crippen molar-refractivity contribution in [1.82, 2.24) is 0 Å². The van der Waals surface area contributed by atoms with Crippen LogP contribution in [0.3, 0.4) is 0 Å². The van der Waals surface area contributed by atoms with Crippen LogP contribution in [0.5, 0.6) is 0 Å². The molecule has 1 unspecified atom stereocenters. The topological polar surface area (TPSA) is 35.5 Å². The average Bonchev–Trinajstić information content (AvgIpc) is 2.56. The van der Waals surface area contributed by atoms with Gasteiger partial charge >= 0.3 is 5.97 Å². The second-order valence-electron chi connectivity index (χ2n) is 7.43. The van der Waals surface area contributed by atoms with Gasteiger partial charge < -0.3 is 9.16 Å². The maximum atomic E-state index is 11.8. The molecule has 0 bridgehead atoms. The highest BCUT2D eigenvalue weighted by Crippen LogP contribution is 2.37. The van der Waals surface area contributed by atoms with E-state index in [1.54, 1.807) is 0 Å². The Morgan fingerprint density at radius 2 is 1.90 bits per heavy atom. The predicted octanol–water partition coefficient (Wildman–Crippen LogP) is 4.46. The van der Waals surface area contributed by atoms with Crippen molar-refractivity contribution in [3.63, 3.8) is 0 Å². The van der Waals surface area contributed by atoms with E-state index in [4.69, 9.17) is 9.16 Å². The lowest BCUT2D eigenvalue weighted by atomic mass is 10.1. The SMILES string of the molecule is COC(=O)C1=CC(CO[Si](C)(C)C(C)(C)C)C=C(C)CC1. The molecule has 1 rings (SSSR count). The number of allylic oxidation sites excluding steroid dienone is 1. The number of methoxy groups -OCH3 is 1. The summed E-state index contributed by atoms with van der Waals surface area (Å²) in [6, 6.07) is 0. The van der Waals surface area contributed by atoms with Crippen molar-refractivity contribution in [3.05, 3.63) is 23.3 Å². The van der Waals surface area contributed by atoms with Crippen LogP contribution >= 0.6 is 0 Å². The fourth-order valence-corrected chi connectivity index (χ4v) is 3.13. The first-order valence-electron chi connectivity index (χ1n) is 7.67. The van der Waals surface area contributed by atoms with E-state index in [1.165, 1.54) is 12.7 Å². The van der Waals surface area contributed by atoms with Gasteiger partial charge in [-0.1, -0.05) is 38.5 Å². The molecule has 1 atom stereocenters. The highest BCUT2D eigenvalue weighted by molar-refractivity contribution is 6.74. The van der Waals surface area contributed by atoms with Crippen LogP contribution in [0, 0.1) is 5.92 Å². The standard InChI is InChI=1S/C17H30O3Si/c1-13-8-9-15(16(18)19-5)11-14(10-13)12-20-21(6,7)17(2,3)4/h10-11,14H,8-9,12H2,1-7H3. The Balaban J connectivity index is 2.83. The summed E-state index contributed by atoms with van der Waals surface area (Å²) in [4.78, 5) is 11.8. The number of rotatable bonds is 4. The number of carbonyl (C=O) groups is 1. The lowest BCUT2D eigenvalue weighted by molar-refractivity contribution is -0.136. The van der Waals surface area contributed by atoms with Gasteiger partial charge in [0.05, 0.1) is 7.11 Å². The molecule has 1 aliphatic rings. The van der Waals surface area contributed by atoms with E-state index in [0.717, 1.165) is 18.4 Å². The molecule has 0 radical (unpaired) electrons. The molecule has 4 heteroatoms. The van der Waals surface area contributed by atoms with Crippen LogP contribution in [0.25, 0.3) is 0 Å². The largest absolute Gasteiger partial charge is 0.466 e. The van der Waals surface area contributed by atoms with Crippen molar-refractivity contribution in [2.75, 3.05) is 13.7 Å². The molecule has 0 spiro atoms. The van der Waals surface area contributed by atoms with Crippen LogP contribution in [0.1, 0.15) is 40.5 Å². The van der Waals surface area contributed by atoms with Crippen molar-refractivity contribution in [1.29, 1.82) is 0 Å². The minimum atomic E-state index is -1.76. The third kappa shape index (κ3) is 5.11. The fraction of sp³-hybridized carbons (Fsp3) is 0.706. The van der Waals surface area contributed by atoms with E-state index < -0.39 is 8.32 Å². The zero-order valence-electron chi connectivity index (χ0n) is 14.6. The van der Waals surface area contributed by atoms with Gasteiger partial charge in [0, 0.05) is 18.1 Å². The Morgan fingerprint density at radius 3 is 2.43 bits per heavy atom. The van der Waals surface area contributed by atoms with Crippen LogP contribution in [0.4, 0.5) is 0 Å². The summed E-state index contributed by atoms with van der Waals surface area (Å²) in [5.41, 5.74) is 2.09. The van der Waals surface area contributed by atoms with Gasteiger partial charge in [-0.25, -0.2) is 4.79 Å². The fourth-order valence-electron chi connectivity index (χ4n) is 2.09. The van der Waals surface area contributed by atoms with E-state index >= 15 is 0 Å². The summed E-state index contributed by atoms with van der Waals surface area (Å²) in [6.45, 7) is 14.0. The molecule has 3 nitrogen and oxygen atoms in total. The number of ether oxygens (including phenoxy) is 1. The molecule has 1 aliphatic carbocycles. The maximum Gasteiger partial charge on any atom is 0.333 e. The van der Waals surface area contributed by atoms with Gasteiger partial charge in [-0.05, 0) is 37.9 Å². The Hall–Kier alpha value is -0.873. The van der Waals surface area contributed by atoms with Gasteiger partial charge in [0.25, 0.3) is 0 Å². The Labute approximate surface area is 130 Å². The Bertz CT molecular complexity index is 441. The maximum absolute atomic E-state index is 11.8. The minimum Gasteiger partial charge on any atom is -0.466 e. The van der Waals surface area contributed by atoms with E-state index in [2.05, 4.69) is 46.9 Å². The summed E-state index contributed by atoms with van der Waals surface area (Å²) < 4.78 is 11.2. The zero-order valence-corrected chi connectivity index (χ0v) is 15.6. The third-order valence-corrected chi connectivity index (χ3v) is 9.09. The van der Waals surface area contributed by atoms with E-state index in [1.807, 2.05) is 6.08 Å². The van der Waals surface area contributed by atoms with Gasteiger partial charge in [0.15, 0.2) is 8.32 Å². The molecule has 0 amide bonds. The number of esters is 1. The average molecular weight is 311 g/mol. The van der Waals surface area contributed by atoms with Crippen molar-refractivity contribution in [2.24, 2.45) is 5.92 Å². The number of carbonyl (C=O) groups excluding carboxylic acids is 1. The van der Waals surface area contributed by atoms with Crippen LogP contribution in [0.2, 0.25) is 18.1 Å². The van der Waals surface area contributed by atoms with Crippen LogP contribution in [-0.4, -0.2) is 28.0 Å². The molecule has 0 saturated heterocycles. The molecule has 0 N–H and O–H groups in total. The Kier molecular flexibility index (Phi) is 5.99. The smallest absolute Gasteiger partial charge is 0.333 e. The molecule has 120 valence electrons. The second-order valence-corrected chi connectivity index (χ2v) is 12.2. The van der Waals surface area contributed by atoms with E-state index in [-0.39, 0.29) is 16.9 Å². The summed E-state index contributed by atoms with van der Waals surface area (Å²) in [7, 11) is -0.320. The van der Waals surface area contributed by atoms with Gasteiger partial charge in [-0.3, -0.25) is 0 Å². The first-order chi connectivity index (χ1) is 9.56. The van der Waals surface area contributed by atoms with Gasteiger partial charge in [-0.2, -0.15) is 0 Å². The lowest BCUT2D eigenvalue weighted by Gasteiger charge is -2.36. The molecule has 0 aliphatic heterocycles. The molecule has 0 saturated carbocycles. The van der Waals surface area contributed by atoms with E-state index in [9.17, 15) is 4.79 Å². The first kappa shape index (κ1) is 18.2. The Morgan fingerprint density at radius 1 is 1.29 bits per heavy atom. The normalized spacial score (nSPS) is 20.4. The summed E-state index contributed by atoms with van der Waals surface area (Å²) in [6.07, 6.45) is 5.92. The summed E-state index contributed by atoms with van der Waals surface area (Å²) in [5, 5.41) is 0.200. The van der Waals surface area contributed by atoms with Crippen molar-refractivity contribution in [2.45, 2.75) is 58.7 Å². The minimum absolute atomic E-state index is 0.163.